The lowest BCUT2D eigenvalue weighted by Gasteiger charge is -2.24. The maximum Gasteiger partial charge on any atom is 0.500 e. The maximum absolute atomic E-state index is 11.9. The van der Waals surface area contributed by atoms with E-state index in [0.29, 0.717) is 0 Å². The fourth-order valence-corrected chi connectivity index (χ4v) is 5.26. The summed E-state index contributed by atoms with van der Waals surface area (Å²) in [6.07, 6.45) is 20.4. The molecule has 0 radical (unpaired) electrons. The first kappa shape index (κ1) is 26.0. The number of hydrogen-bond donors (Lipinski definition) is 0. The molecule has 26 heavy (non-hydrogen) atoms. The Morgan fingerprint density at radius 3 is 1.00 bits per heavy atom. The number of rotatable bonds is 21. The summed E-state index contributed by atoms with van der Waals surface area (Å²) < 4.78 is 28.3. The van der Waals surface area contributed by atoms with Crippen LogP contribution < -0.4 is 0 Å². The molecule has 0 atom stereocenters. The molecule has 0 saturated carbocycles. The van der Waals surface area contributed by atoms with Crippen LogP contribution in [-0.4, -0.2) is 36.8 Å². The second-order valence-electron chi connectivity index (χ2n) is 7.39. The monoisotopic (exact) mass is 392 g/mol. The lowest BCUT2D eigenvalue weighted by atomic mass is 10.0. The standard InChI is InChI=1S/C21H45FO3Si/c1-23-26(24-2,25-3)21-19-17-15-13-11-9-7-5-4-6-8-10-12-14-16-18-20-22/h4-21H2,1-3H3. The van der Waals surface area contributed by atoms with Gasteiger partial charge in [-0.2, -0.15) is 0 Å². The van der Waals surface area contributed by atoms with Crippen molar-refractivity contribution in [2.24, 2.45) is 0 Å². The zero-order chi connectivity index (χ0) is 19.3. The molecule has 0 bridgehead atoms. The van der Waals surface area contributed by atoms with Crippen LogP contribution in [0.4, 0.5) is 4.39 Å². The number of halogens is 1. The Kier molecular flexibility index (Phi) is 19.8. The van der Waals surface area contributed by atoms with Gasteiger partial charge in [0.1, 0.15) is 0 Å². The topological polar surface area (TPSA) is 27.7 Å². The van der Waals surface area contributed by atoms with Crippen molar-refractivity contribution in [3.05, 3.63) is 0 Å². The highest BCUT2D eigenvalue weighted by Gasteiger charge is 2.36. The molecular formula is C21H45FO3Si. The molecule has 0 N–H and O–H groups in total. The fourth-order valence-electron chi connectivity index (χ4n) is 3.47. The van der Waals surface area contributed by atoms with Gasteiger partial charge in [0.2, 0.25) is 0 Å². The van der Waals surface area contributed by atoms with E-state index in [4.69, 9.17) is 13.3 Å². The van der Waals surface area contributed by atoms with Gasteiger partial charge in [-0.25, -0.2) is 0 Å². The normalized spacial score (nSPS) is 12.0. The van der Waals surface area contributed by atoms with Crippen molar-refractivity contribution >= 4 is 8.80 Å². The molecule has 0 spiro atoms. The minimum Gasteiger partial charge on any atom is -0.377 e. The van der Waals surface area contributed by atoms with Gasteiger partial charge in [-0.05, 0) is 12.8 Å². The Morgan fingerprint density at radius 2 is 0.731 bits per heavy atom. The molecule has 3 nitrogen and oxygen atoms in total. The second kappa shape index (κ2) is 19.8. The zero-order valence-electron chi connectivity index (χ0n) is 17.8. The predicted molar refractivity (Wildman–Crippen MR) is 111 cm³/mol. The van der Waals surface area contributed by atoms with Crippen molar-refractivity contribution in [1.82, 2.24) is 0 Å². The van der Waals surface area contributed by atoms with Crippen LogP contribution in [0.5, 0.6) is 0 Å². The first-order valence-corrected chi connectivity index (χ1v) is 12.9. The molecule has 0 saturated heterocycles. The Morgan fingerprint density at radius 1 is 0.462 bits per heavy atom. The molecular weight excluding hydrogens is 347 g/mol. The average molecular weight is 393 g/mol. The van der Waals surface area contributed by atoms with Gasteiger partial charge in [0.05, 0.1) is 6.67 Å². The lowest BCUT2D eigenvalue weighted by molar-refractivity contribution is 0.122. The molecule has 0 aromatic heterocycles. The van der Waals surface area contributed by atoms with Crippen LogP contribution in [0, 0.1) is 0 Å². The van der Waals surface area contributed by atoms with Crippen LogP contribution in [0.3, 0.4) is 0 Å². The third kappa shape index (κ3) is 15.1. The summed E-state index contributed by atoms with van der Waals surface area (Å²) in [5.74, 6) is 0. The summed E-state index contributed by atoms with van der Waals surface area (Å²) in [5, 5.41) is 0. The molecule has 0 heterocycles. The lowest BCUT2D eigenvalue weighted by Crippen LogP contribution is -2.42. The Hall–Kier alpha value is 0.0269. The molecule has 0 aliphatic carbocycles. The highest BCUT2D eigenvalue weighted by Crippen LogP contribution is 2.19. The van der Waals surface area contributed by atoms with E-state index < -0.39 is 8.80 Å². The van der Waals surface area contributed by atoms with E-state index in [1.165, 1.54) is 83.5 Å². The number of alkyl halides is 1. The fraction of sp³-hybridized carbons (Fsp3) is 1.00. The van der Waals surface area contributed by atoms with E-state index >= 15 is 0 Å². The van der Waals surface area contributed by atoms with Gasteiger partial charge >= 0.3 is 8.80 Å². The first-order valence-electron chi connectivity index (χ1n) is 11.0. The summed E-state index contributed by atoms with van der Waals surface area (Å²) >= 11 is 0. The van der Waals surface area contributed by atoms with Gasteiger partial charge < -0.3 is 13.3 Å². The van der Waals surface area contributed by atoms with Crippen molar-refractivity contribution in [1.29, 1.82) is 0 Å². The number of hydrogen-bond acceptors (Lipinski definition) is 3. The van der Waals surface area contributed by atoms with E-state index in [-0.39, 0.29) is 6.67 Å². The van der Waals surface area contributed by atoms with E-state index in [2.05, 4.69) is 0 Å². The molecule has 158 valence electrons. The van der Waals surface area contributed by atoms with Crippen molar-refractivity contribution in [2.75, 3.05) is 28.0 Å². The molecule has 0 rings (SSSR count). The van der Waals surface area contributed by atoms with Gasteiger partial charge in [-0.15, -0.1) is 0 Å². The minimum absolute atomic E-state index is 0.141. The van der Waals surface area contributed by atoms with Crippen LogP contribution in [0.1, 0.15) is 103 Å². The summed E-state index contributed by atoms with van der Waals surface area (Å²) in [6.45, 7) is -0.141. The van der Waals surface area contributed by atoms with E-state index in [1.54, 1.807) is 21.3 Å². The summed E-state index contributed by atoms with van der Waals surface area (Å²) in [6, 6.07) is 0.923. The molecule has 0 aromatic carbocycles. The highest BCUT2D eigenvalue weighted by atomic mass is 28.4. The first-order chi connectivity index (χ1) is 12.7. The predicted octanol–water partition coefficient (Wildman–Crippen LogP) is 7.08. The highest BCUT2D eigenvalue weighted by molar-refractivity contribution is 6.60. The molecule has 0 unspecified atom stereocenters. The number of unbranched alkanes of at least 4 members (excludes halogenated alkanes) is 15. The molecule has 0 aliphatic rings. The SMILES string of the molecule is CO[Si](CCCCCCCCCCCCCCCCCCF)(OC)OC. The van der Waals surface area contributed by atoms with E-state index in [9.17, 15) is 4.39 Å². The van der Waals surface area contributed by atoms with Crippen molar-refractivity contribution in [3.8, 4) is 0 Å². The smallest absolute Gasteiger partial charge is 0.377 e. The molecule has 0 amide bonds. The van der Waals surface area contributed by atoms with Gasteiger partial charge in [0.25, 0.3) is 0 Å². The Bertz CT molecular complexity index is 268. The third-order valence-electron chi connectivity index (χ3n) is 5.30. The molecule has 5 heteroatoms. The van der Waals surface area contributed by atoms with Crippen molar-refractivity contribution in [3.63, 3.8) is 0 Å². The molecule has 0 fully saturated rings. The minimum atomic E-state index is -2.34. The van der Waals surface area contributed by atoms with Crippen LogP contribution in [0.15, 0.2) is 0 Å². The van der Waals surface area contributed by atoms with Gasteiger partial charge in [-0.3, -0.25) is 4.39 Å². The maximum atomic E-state index is 11.9. The largest absolute Gasteiger partial charge is 0.500 e. The Labute approximate surface area is 163 Å². The molecule has 0 aliphatic heterocycles. The Balaban J connectivity index is 3.20. The van der Waals surface area contributed by atoms with E-state index in [0.717, 1.165) is 25.3 Å². The second-order valence-corrected chi connectivity index (χ2v) is 10.5. The third-order valence-corrected chi connectivity index (χ3v) is 8.13. The van der Waals surface area contributed by atoms with Gasteiger partial charge in [0.15, 0.2) is 0 Å². The summed E-state index contributed by atoms with van der Waals surface area (Å²) in [4.78, 5) is 0. The van der Waals surface area contributed by atoms with Crippen LogP contribution >= 0.6 is 0 Å². The van der Waals surface area contributed by atoms with Crippen molar-refractivity contribution < 1.29 is 17.7 Å². The summed E-state index contributed by atoms with van der Waals surface area (Å²) in [5.41, 5.74) is 0. The van der Waals surface area contributed by atoms with Crippen LogP contribution in [0.25, 0.3) is 0 Å². The quantitative estimate of drug-likeness (QED) is 0.154. The average Bonchev–Trinajstić information content (AvgIpc) is 2.68. The van der Waals surface area contributed by atoms with Gasteiger partial charge in [-0.1, -0.05) is 89.9 Å². The summed E-state index contributed by atoms with van der Waals surface area (Å²) in [7, 11) is 2.73. The zero-order valence-corrected chi connectivity index (χ0v) is 18.8. The van der Waals surface area contributed by atoms with Crippen molar-refractivity contribution in [2.45, 2.75) is 109 Å². The van der Waals surface area contributed by atoms with Crippen LogP contribution in [0.2, 0.25) is 6.04 Å². The van der Waals surface area contributed by atoms with Gasteiger partial charge in [0, 0.05) is 27.4 Å². The van der Waals surface area contributed by atoms with E-state index in [1.807, 2.05) is 0 Å². The molecule has 0 aromatic rings. The van der Waals surface area contributed by atoms with Crippen LogP contribution in [-0.2, 0) is 13.3 Å².